The number of nitrogens with one attached hydrogen (secondary N) is 1. The minimum absolute atomic E-state index is 0.207. The van der Waals surface area contributed by atoms with E-state index in [-0.39, 0.29) is 17.9 Å². The molecule has 1 rings (SSSR count). The first-order valence-electron chi connectivity index (χ1n) is 7.82. The van der Waals surface area contributed by atoms with Gasteiger partial charge in [0.2, 0.25) is 0 Å². The van der Waals surface area contributed by atoms with Crippen molar-refractivity contribution in [2.75, 3.05) is 7.11 Å². The zero-order valence-electron chi connectivity index (χ0n) is 14.6. The normalized spacial score (nSPS) is 13.8. The number of methoxy groups -OCH3 is 1. The van der Waals surface area contributed by atoms with E-state index in [1.807, 2.05) is 51.1 Å². The summed E-state index contributed by atoms with van der Waals surface area (Å²) in [6.45, 7) is 7.24. The van der Waals surface area contributed by atoms with Gasteiger partial charge in [0, 0.05) is 6.04 Å². The topological polar surface area (TPSA) is 64.6 Å². The van der Waals surface area contributed by atoms with Crippen molar-refractivity contribution in [3.63, 3.8) is 0 Å². The van der Waals surface area contributed by atoms with Crippen LogP contribution < -0.4 is 5.32 Å². The monoisotopic (exact) mass is 321 g/mol. The van der Waals surface area contributed by atoms with Crippen molar-refractivity contribution in [1.82, 2.24) is 5.32 Å². The second kappa shape index (κ2) is 8.56. The molecule has 1 aromatic rings. The third-order valence-corrected chi connectivity index (χ3v) is 3.29. The molecule has 0 aliphatic carbocycles. The molecule has 5 heteroatoms. The van der Waals surface area contributed by atoms with Crippen LogP contribution in [0, 0.1) is 5.92 Å². The van der Waals surface area contributed by atoms with E-state index in [0.29, 0.717) is 12.8 Å². The Labute approximate surface area is 138 Å². The molecule has 0 bridgehead atoms. The number of carbonyl (C=O) groups excluding carboxylic acids is 2. The maximum Gasteiger partial charge on any atom is 0.407 e. The van der Waals surface area contributed by atoms with Gasteiger partial charge >= 0.3 is 12.1 Å². The average molecular weight is 321 g/mol. The SMILES string of the molecule is COC(=O)C(C)C[C@H](Cc1ccccc1)NC(=O)OC(C)(C)C. The summed E-state index contributed by atoms with van der Waals surface area (Å²) in [5.74, 6) is -0.585. The Bertz CT molecular complexity index is 508. The molecule has 23 heavy (non-hydrogen) atoms. The van der Waals surface area contributed by atoms with E-state index in [9.17, 15) is 9.59 Å². The van der Waals surface area contributed by atoms with Gasteiger partial charge in [0.25, 0.3) is 0 Å². The first kappa shape index (κ1) is 19.0. The van der Waals surface area contributed by atoms with Gasteiger partial charge in [0.15, 0.2) is 0 Å². The largest absolute Gasteiger partial charge is 0.469 e. The first-order valence-corrected chi connectivity index (χ1v) is 7.82. The number of esters is 1. The Balaban J connectivity index is 2.75. The van der Waals surface area contributed by atoms with Crippen LogP contribution in [-0.2, 0) is 20.7 Å². The number of hydrogen-bond donors (Lipinski definition) is 1. The molecule has 0 saturated carbocycles. The summed E-state index contributed by atoms with van der Waals surface area (Å²) in [5.41, 5.74) is 0.528. The summed E-state index contributed by atoms with van der Waals surface area (Å²) < 4.78 is 10.1. The van der Waals surface area contributed by atoms with Crippen molar-refractivity contribution < 1.29 is 19.1 Å². The Morgan fingerprint density at radius 3 is 2.30 bits per heavy atom. The summed E-state index contributed by atoms with van der Waals surface area (Å²) in [6, 6.07) is 9.62. The number of rotatable bonds is 6. The van der Waals surface area contributed by atoms with E-state index in [2.05, 4.69) is 5.32 Å². The molecule has 0 aliphatic heterocycles. The van der Waals surface area contributed by atoms with E-state index in [0.717, 1.165) is 5.56 Å². The highest BCUT2D eigenvalue weighted by atomic mass is 16.6. The summed E-state index contributed by atoms with van der Waals surface area (Å²) in [6.07, 6.45) is 0.637. The number of carbonyl (C=O) groups is 2. The van der Waals surface area contributed by atoms with E-state index < -0.39 is 11.7 Å². The van der Waals surface area contributed by atoms with Gasteiger partial charge in [-0.25, -0.2) is 4.79 Å². The highest BCUT2D eigenvalue weighted by molar-refractivity contribution is 5.72. The fourth-order valence-electron chi connectivity index (χ4n) is 2.29. The lowest BCUT2D eigenvalue weighted by Gasteiger charge is -2.25. The van der Waals surface area contributed by atoms with Crippen molar-refractivity contribution in [1.29, 1.82) is 0 Å². The molecule has 1 amide bonds. The minimum atomic E-state index is -0.560. The standard InChI is InChI=1S/C18H27NO4/c1-13(16(20)22-5)11-15(12-14-9-7-6-8-10-14)19-17(21)23-18(2,3)4/h6-10,13,15H,11-12H2,1-5H3,(H,19,21)/t13?,15-/m1/s1. The number of alkyl carbamates (subject to hydrolysis) is 1. The smallest absolute Gasteiger partial charge is 0.407 e. The van der Waals surface area contributed by atoms with Crippen molar-refractivity contribution in [2.45, 2.75) is 52.2 Å². The summed E-state index contributed by atoms with van der Waals surface area (Å²) >= 11 is 0. The lowest BCUT2D eigenvalue weighted by Crippen LogP contribution is -2.41. The lowest BCUT2D eigenvalue weighted by molar-refractivity contribution is -0.145. The Hall–Kier alpha value is -2.04. The quantitative estimate of drug-likeness (QED) is 0.816. The van der Waals surface area contributed by atoms with Gasteiger partial charge in [-0.15, -0.1) is 0 Å². The number of amides is 1. The lowest BCUT2D eigenvalue weighted by atomic mass is 9.96. The maximum atomic E-state index is 12.0. The average Bonchev–Trinajstić information content (AvgIpc) is 2.45. The van der Waals surface area contributed by atoms with Gasteiger partial charge in [-0.2, -0.15) is 0 Å². The van der Waals surface area contributed by atoms with Crippen molar-refractivity contribution >= 4 is 12.1 Å². The van der Waals surface area contributed by atoms with Crippen molar-refractivity contribution in [3.05, 3.63) is 35.9 Å². The molecule has 2 atom stereocenters. The molecular formula is C18H27NO4. The fourth-order valence-corrected chi connectivity index (χ4v) is 2.29. The second-order valence-corrected chi connectivity index (χ2v) is 6.69. The van der Waals surface area contributed by atoms with Gasteiger partial charge in [-0.3, -0.25) is 4.79 Å². The van der Waals surface area contributed by atoms with E-state index >= 15 is 0 Å². The molecular weight excluding hydrogens is 294 g/mol. The van der Waals surface area contributed by atoms with Crippen LogP contribution in [0.15, 0.2) is 30.3 Å². The van der Waals surface area contributed by atoms with Crippen LogP contribution in [0.4, 0.5) is 4.79 Å². The van der Waals surface area contributed by atoms with Crippen LogP contribution in [0.25, 0.3) is 0 Å². The third-order valence-electron chi connectivity index (χ3n) is 3.29. The Morgan fingerprint density at radius 2 is 1.78 bits per heavy atom. The van der Waals surface area contributed by atoms with Crippen LogP contribution in [0.1, 0.15) is 39.7 Å². The zero-order valence-corrected chi connectivity index (χ0v) is 14.6. The van der Waals surface area contributed by atoms with Gasteiger partial charge in [0.05, 0.1) is 13.0 Å². The van der Waals surface area contributed by atoms with Crippen LogP contribution >= 0.6 is 0 Å². The Morgan fingerprint density at radius 1 is 1.17 bits per heavy atom. The third kappa shape index (κ3) is 7.68. The second-order valence-electron chi connectivity index (χ2n) is 6.69. The summed E-state index contributed by atoms with van der Waals surface area (Å²) in [7, 11) is 1.37. The zero-order chi connectivity index (χ0) is 17.5. The summed E-state index contributed by atoms with van der Waals surface area (Å²) in [4.78, 5) is 23.7. The number of benzene rings is 1. The molecule has 0 heterocycles. The van der Waals surface area contributed by atoms with E-state index in [4.69, 9.17) is 9.47 Å². The molecule has 0 aliphatic rings. The van der Waals surface area contributed by atoms with E-state index in [1.54, 1.807) is 6.92 Å². The van der Waals surface area contributed by atoms with Crippen molar-refractivity contribution in [3.8, 4) is 0 Å². The van der Waals surface area contributed by atoms with Crippen molar-refractivity contribution in [2.24, 2.45) is 5.92 Å². The van der Waals surface area contributed by atoms with Crippen LogP contribution in [-0.4, -0.2) is 30.8 Å². The molecule has 5 nitrogen and oxygen atoms in total. The number of ether oxygens (including phenoxy) is 2. The molecule has 128 valence electrons. The highest BCUT2D eigenvalue weighted by Crippen LogP contribution is 2.14. The van der Waals surface area contributed by atoms with Gasteiger partial charge in [-0.05, 0) is 39.2 Å². The molecule has 0 saturated heterocycles. The molecule has 1 unspecified atom stereocenters. The maximum absolute atomic E-state index is 12.0. The van der Waals surface area contributed by atoms with E-state index in [1.165, 1.54) is 7.11 Å². The summed E-state index contributed by atoms with van der Waals surface area (Å²) in [5, 5.41) is 2.86. The van der Waals surface area contributed by atoms with Gasteiger partial charge in [-0.1, -0.05) is 37.3 Å². The molecule has 1 aromatic carbocycles. The molecule has 0 spiro atoms. The fraction of sp³-hybridized carbons (Fsp3) is 0.556. The van der Waals surface area contributed by atoms with Crippen LogP contribution in [0.5, 0.6) is 0 Å². The molecule has 0 radical (unpaired) electrons. The number of hydrogen-bond acceptors (Lipinski definition) is 4. The van der Waals surface area contributed by atoms with Gasteiger partial charge < -0.3 is 14.8 Å². The predicted octanol–water partition coefficient (Wildman–Crippen LogP) is 3.32. The Kier molecular flexibility index (Phi) is 7.07. The minimum Gasteiger partial charge on any atom is -0.469 e. The molecule has 0 aromatic heterocycles. The first-order chi connectivity index (χ1) is 10.7. The predicted molar refractivity (Wildman–Crippen MR) is 89.1 cm³/mol. The van der Waals surface area contributed by atoms with Crippen LogP contribution in [0.3, 0.4) is 0 Å². The molecule has 0 fully saturated rings. The molecule has 1 N–H and O–H groups in total. The van der Waals surface area contributed by atoms with Crippen LogP contribution in [0.2, 0.25) is 0 Å². The van der Waals surface area contributed by atoms with Gasteiger partial charge in [0.1, 0.15) is 5.60 Å². The highest BCUT2D eigenvalue weighted by Gasteiger charge is 2.24.